The number of benzene rings is 1. The Labute approximate surface area is 135 Å². The first-order valence-electron chi connectivity index (χ1n) is 7.15. The third-order valence-electron chi connectivity index (χ3n) is 3.51. The van der Waals surface area contributed by atoms with Crippen LogP contribution in [0, 0.1) is 11.6 Å². The summed E-state index contributed by atoms with van der Waals surface area (Å²) in [6.45, 7) is 3.71. The van der Waals surface area contributed by atoms with E-state index in [9.17, 15) is 13.6 Å². The van der Waals surface area contributed by atoms with Crippen LogP contribution in [0.4, 0.5) is 8.78 Å². The normalized spacial score (nSPS) is 19.1. The molecular formula is C15H21ClF2N2O2. The highest BCUT2D eigenvalue weighted by molar-refractivity contribution is 5.85. The summed E-state index contributed by atoms with van der Waals surface area (Å²) in [5.74, 6) is -1.43. The van der Waals surface area contributed by atoms with E-state index in [1.54, 1.807) is 0 Å². The maximum atomic E-state index is 13.8. The molecule has 0 radical (unpaired) electrons. The van der Waals surface area contributed by atoms with Crippen molar-refractivity contribution in [2.75, 3.05) is 19.8 Å². The fourth-order valence-electron chi connectivity index (χ4n) is 2.41. The first-order valence-corrected chi connectivity index (χ1v) is 7.15. The number of morpholine rings is 1. The summed E-state index contributed by atoms with van der Waals surface area (Å²) in [7, 11) is 0. The third kappa shape index (κ3) is 5.19. The molecule has 1 aliphatic heterocycles. The molecule has 1 aliphatic rings. The number of nitrogens with one attached hydrogen (secondary N) is 2. The second-order valence-corrected chi connectivity index (χ2v) is 5.12. The van der Waals surface area contributed by atoms with Gasteiger partial charge in [-0.05, 0) is 12.5 Å². The predicted octanol–water partition coefficient (Wildman–Crippen LogP) is 2.33. The minimum atomic E-state index is -0.638. The van der Waals surface area contributed by atoms with Crippen molar-refractivity contribution in [1.29, 1.82) is 0 Å². The Morgan fingerprint density at radius 2 is 2.27 bits per heavy atom. The number of carbonyl (C=O) groups excluding carboxylic acids is 1. The van der Waals surface area contributed by atoms with Gasteiger partial charge in [-0.15, -0.1) is 12.4 Å². The SMILES string of the molecule is CCC(NC(=O)CC1COCCN1)c1ccc(F)cc1F.Cl. The van der Waals surface area contributed by atoms with E-state index in [2.05, 4.69) is 10.6 Å². The van der Waals surface area contributed by atoms with Crippen molar-refractivity contribution >= 4 is 18.3 Å². The lowest BCUT2D eigenvalue weighted by Crippen LogP contribution is -2.44. The summed E-state index contributed by atoms with van der Waals surface area (Å²) in [5, 5.41) is 5.98. The summed E-state index contributed by atoms with van der Waals surface area (Å²) >= 11 is 0. The maximum Gasteiger partial charge on any atom is 0.222 e. The molecule has 0 aliphatic carbocycles. The van der Waals surface area contributed by atoms with Gasteiger partial charge in [0.25, 0.3) is 0 Å². The molecule has 1 aromatic carbocycles. The molecule has 0 spiro atoms. The lowest BCUT2D eigenvalue weighted by atomic mass is 10.0. The van der Waals surface area contributed by atoms with Crippen molar-refractivity contribution in [3.63, 3.8) is 0 Å². The molecule has 1 saturated heterocycles. The summed E-state index contributed by atoms with van der Waals surface area (Å²) in [4.78, 5) is 12.0. The van der Waals surface area contributed by atoms with E-state index in [0.717, 1.165) is 12.6 Å². The molecule has 4 nitrogen and oxygen atoms in total. The Morgan fingerprint density at radius 1 is 1.50 bits per heavy atom. The lowest BCUT2D eigenvalue weighted by molar-refractivity contribution is -0.123. The highest BCUT2D eigenvalue weighted by Gasteiger charge is 2.21. The van der Waals surface area contributed by atoms with Crippen LogP contribution in [0.15, 0.2) is 18.2 Å². The van der Waals surface area contributed by atoms with Crippen molar-refractivity contribution < 1.29 is 18.3 Å². The fourth-order valence-corrected chi connectivity index (χ4v) is 2.41. The van der Waals surface area contributed by atoms with Gasteiger partial charge >= 0.3 is 0 Å². The Morgan fingerprint density at radius 3 is 2.86 bits per heavy atom. The minimum absolute atomic E-state index is 0. The van der Waals surface area contributed by atoms with Gasteiger partial charge in [-0.3, -0.25) is 4.79 Å². The molecule has 7 heteroatoms. The Balaban J connectivity index is 0.00000242. The second kappa shape index (κ2) is 9.02. The van der Waals surface area contributed by atoms with Gasteiger partial charge in [-0.2, -0.15) is 0 Å². The van der Waals surface area contributed by atoms with Gasteiger partial charge < -0.3 is 15.4 Å². The zero-order valence-electron chi connectivity index (χ0n) is 12.4. The van der Waals surface area contributed by atoms with Gasteiger partial charge in [-0.1, -0.05) is 13.0 Å². The largest absolute Gasteiger partial charge is 0.378 e. The molecule has 2 rings (SSSR count). The first-order chi connectivity index (χ1) is 10.1. The van der Waals surface area contributed by atoms with Crippen molar-refractivity contribution in [2.45, 2.75) is 31.8 Å². The van der Waals surface area contributed by atoms with Gasteiger partial charge in [0.1, 0.15) is 11.6 Å². The van der Waals surface area contributed by atoms with E-state index >= 15 is 0 Å². The average molecular weight is 335 g/mol. The fraction of sp³-hybridized carbons (Fsp3) is 0.533. The highest BCUT2D eigenvalue weighted by Crippen LogP contribution is 2.21. The van der Waals surface area contributed by atoms with Crippen LogP contribution in [0.3, 0.4) is 0 Å². The van der Waals surface area contributed by atoms with Gasteiger partial charge in [0.05, 0.1) is 19.3 Å². The average Bonchev–Trinajstić information content (AvgIpc) is 2.46. The molecule has 22 heavy (non-hydrogen) atoms. The number of carbonyl (C=O) groups is 1. The topological polar surface area (TPSA) is 50.4 Å². The zero-order valence-corrected chi connectivity index (χ0v) is 13.2. The molecule has 1 aromatic rings. The van der Waals surface area contributed by atoms with Gasteiger partial charge in [0.15, 0.2) is 0 Å². The van der Waals surface area contributed by atoms with E-state index in [4.69, 9.17) is 4.74 Å². The predicted molar refractivity (Wildman–Crippen MR) is 82.0 cm³/mol. The maximum absolute atomic E-state index is 13.8. The summed E-state index contributed by atoms with van der Waals surface area (Å²) in [6.07, 6.45) is 0.808. The molecule has 2 N–H and O–H groups in total. The lowest BCUT2D eigenvalue weighted by Gasteiger charge is -2.25. The molecule has 0 aromatic heterocycles. The summed E-state index contributed by atoms with van der Waals surface area (Å²) < 4.78 is 32.0. The van der Waals surface area contributed by atoms with Crippen LogP contribution >= 0.6 is 12.4 Å². The Bertz CT molecular complexity index is 496. The molecule has 0 bridgehead atoms. The zero-order chi connectivity index (χ0) is 15.2. The smallest absolute Gasteiger partial charge is 0.222 e. The number of halogens is 3. The monoisotopic (exact) mass is 334 g/mol. The highest BCUT2D eigenvalue weighted by atomic mass is 35.5. The molecule has 1 amide bonds. The molecular weight excluding hydrogens is 314 g/mol. The van der Waals surface area contributed by atoms with Crippen molar-refractivity contribution in [3.8, 4) is 0 Å². The Kier molecular flexibility index (Phi) is 7.72. The molecule has 1 heterocycles. The van der Waals surface area contributed by atoms with Crippen LogP contribution < -0.4 is 10.6 Å². The van der Waals surface area contributed by atoms with E-state index in [-0.39, 0.29) is 30.8 Å². The number of hydrogen-bond acceptors (Lipinski definition) is 3. The first kappa shape index (κ1) is 18.8. The summed E-state index contributed by atoms with van der Waals surface area (Å²) in [5.41, 5.74) is 0.306. The van der Waals surface area contributed by atoms with Crippen LogP contribution in [-0.4, -0.2) is 31.7 Å². The van der Waals surface area contributed by atoms with E-state index in [1.165, 1.54) is 12.1 Å². The molecule has 0 saturated carbocycles. The number of ether oxygens (including phenoxy) is 1. The third-order valence-corrected chi connectivity index (χ3v) is 3.51. The number of amides is 1. The second-order valence-electron chi connectivity index (χ2n) is 5.12. The van der Waals surface area contributed by atoms with Crippen LogP contribution in [-0.2, 0) is 9.53 Å². The van der Waals surface area contributed by atoms with Crippen molar-refractivity contribution in [1.82, 2.24) is 10.6 Å². The number of rotatable bonds is 5. The van der Waals surface area contributed by atoms with Gasteiger partial charge in [-0.25, -0.2) is 8.78 Å². The van der Waals surface area contributed by atoms with Crippen LogP contribution in [0.1, 0.15) is 31.4 Å². The number of hydrogen-bond donors (Lipinski definition) is 2. The molecule has 2 unspecified atom stereocenters. The van der Waals surface area contributed by atoms with Crippen molar-refractivity contribution in [3.05, 3.63) is 35.4 Å². The standard InChI is InChI=1S/C15H20F2N2O2.ClH/c1-2-14(12-4-3-10(16)7-13(12)17)19-15(20)8-11-9-21-6-5-18-11;/h3-4,7,11,14,18H,2,5-6,8-9H2,1H3,(H,19,20);1H. The quantitative estimate of drug-likeness (QED) is 0.869. The van der Waals surface area contributed by atoms with E-state index in [1.807, 2.05) is 6.92 Å². The molecule has 1 fully saturated rings. The van der Waals surface area contributed by atoms with Crippen LogP contribution in [0.25, 0.3) is 0 Å². The van der Waals surface area contributed by atoms with E-state index < -0.39 is 17.7 Å². The molecule has 124 valence electrons. The van der Waals surface area contributed by atoms with E-state index in [0.29, 0.717) is 25.2 Å². The Hall–Kier alpha value is -1.24. The van der Waals surface area contributed by atoms with Gasteiger partial charge in [0, 0.05) is 30.6 Å². The van der Waals surface area contributed by atoms with Crippen LogP contribution in [0.2, 0.25) is 0 Å². The van der Waals surface area contributed by atoms with Crippen LogP contribution in [0.5, 0.6) is 0 Å². The van der Waals surface area contributed by atoms with Gasteiger partial charge in [0.2, 0.25) is 5.91 Å². The summed E-state index contributed by atoms with van der Waals surface area (Å²) in [6, 6.07) is 2.93. The molecule has 2 atom stereocenters. The van der Waals surface area contributed by atoms with Crippen molar-refractivity contribution in [2.24, 2.45) is 0 Å². The minimum Gasteiger partial charge on any atom is -0.378 e.